The lowest BCUT2D eigenvalue weighted by atomic mass is 10.0. The summed E-state index contributed by atoms with van der Waals surface area (Å²) in [6.07, 6.45) is -2.97. The zero-order valence-corrected chi connectivity index (χ0v) is 14.3. The number of hydrogen-bond acceptors (Lipinski definition) is 3. The van der Waals surface area contributed by atoms with Gasteiger partial charge in [0.15, 0.2) is 11.5 Å². The van der Waals surface area contributed by atoms with Crippen molar-refractivity contribution in [3.8, 4) is 11.5 Å². The van der Waals surface area contributed by atoms with Gasteiger partial charge in [0.2, 0.25) is 0 Å². The first-order valence-electron chi connectivity index (χ1n) is 7.02. The predicted octanol–water partition coefficient (Wildman–Crippen LogP) is 4.67. The number of amides is 1. The van der Waals surface area contributed by atoms with Gasteiger partial charge in [0.25, 0.3) is 5.91 Å². The van der Waals surface area contributed by atoms with Crippen molar-refractivity contribution in [3.63, 3.8) is 0 Å². The summed E-state index contributed by atoms with van der Waals surface area (Å²) in [7, 11) is 1.39. The molecular formula is C17H11BrF3NO3. The van der Waals surface area contributed by atoms with Crippen molar-refractivity contribution >= 4 is 39.2 Å². The van der Waals surface area contributed by atoms with Gasteiger partial charge in [-0.3, -0.25) is 4.79 Å². The van der Waals surface area contributed by atoms with Crippen LogP contribution >= 0.6 is 15.9 Å². The van der Waals surface area contributed by atoms with Gasteiger partial charge in [-0.25, -0.2) is 0 Å². The maximum absolute atomic E-state index is 12.8. The van der Waals surface area contributed by atoms with Crippen LogP contribution in [0.25, 0.3) is 11.6 Å². The zero-order chi connectivity index (χ0) is 18.4. The average Bonchev–Trinajstić information content (AvgIpc) is 2.84. The molecule has 0 fully saturated rings. The minimum absolute atomic E-state index is 0.0809. The van der Waals surface area contributed by atoms with Gasteiger partial charge in [0, 0.05) is 21.3 Å². The zero-order valence-electron chi connectivity index (χ0n) is 12.7. The summed E-state index contributed by atoms with van der Waals surface area (Å²) in [5.41, 5.74) is 0.398. The molecule has 25 heavy (non-hydrogen) atoms. The van der Waals surface area contributed by atoms with E-state index in [-0.39, 0.29) is 22.8 Å². The molecule has 130 valence electrons. The fourth-order valence-electron chi connectivity index (χ4n) is 2.50. The third-order valence-electron chi connectivity index (χ3n) is 3.73. The number of carbonyl (C=O) groups excluding carboxylic acids is 1. The monoisotopic (exact) mass is 413 g/mol. The van der Waals surface area contributed by atoms with Crippen LogP contribution in [0.2, 0.25) is 0 Å². The summed E-state index contributed by atoms with van der Waals surface area (Å²) in [4.78, 5) is 12.2. The first-order chi connectivity index (χ1) is 11.7. The minimum Gasteiger partial charge on any atom is -0.504 e. The van der Waals surface area contributed by atoms with Gasteiger partial charge in [0.1, 0.15) is 0 Å². The van der Waals surface area contributed by atoms with Crippen LogP contribution in [-0.4, -0.2) is 18.1 Å². The molecule has 0 saturated heterocycles. The topological polar surface area (TPSA) is 58.6 Å². The molecule has 1 aliphatic heterocycles. The van der Waals surface area contributed by atoms with E-state index in [2.05, 4.69) is 21.2 Å². The molecule has 2 aromatic rings. The molecule has 2 N–H and O–H groups in total. The Morgan fingerprint density at radius 3 is 2.60 bits per heavy atom. The Hall–Kier alpha value is -2.48. The van der Waals surface area contributed by atoms with Crippen molar-refractivity contribution in [3.05, 3.63) is 51.5 Å². The van der Waals surface area contributed by atoms with Crippen molar-refractivity contribution in [1.82, 2.24) is 0 Å². The standard InChI is InChI=1S/C17H11BrF3NO3/c1-25-15-5-8(12(18)7-14(15)23)4-11-10-3-2-9(17(19,20)21)6-13(10)22-16(11)24/h2-7,23H,1H3,(H,22,24)/b11-4-. The molecular weight excluding hydrogens is 403 g/mol. The molecule has 1 aliphatic rings. The van der Waals surface area contributed by atoms with Gasteiger partial charge < -0.3 is 15.2 Å². The van der Waals surface area contributed by atoms with Crippen molar-refractivity contribution in [1.29, 1.82) is 0 Å². The fourth-order valence-corrected chi connectivity index (χ4v) is 2.95. The highest BCUT2D eigenvalue weighted by atomic mass is 79.9. The highest BCUT2D eigenvalue weighted by molar-refractivity contribution is 9.10. The van der Waals surface area contributed by atoms with Gasteiger partial charge in [-0.15, -0.1) is 0 Å². The number of hydrogen-bond donors (Lipinski definition) is 2. The number of benzene rings is 2. The van der Waals surface area contributed by atoms with E-state index in [0.717, 1.165) is 12.1 Å². The highest BCUT2D eigenvalue weighted by Gasteiger charge is 2.33. The molecule has 0 aliphatic carbocycles. The van der Waals surface area contributed by atoms with Gasteiger partial charge in [0.05, 0.1) is 12.7 Å². The third-order valence-corrected chi connectivity index (χ3v) is 4.41. The van der Waals surface area contributed by atoms with Gasteiger partial charge >= 0.3 is 6.18 Å². The van der Waals surface area contributed by atoms with Crippen molar-refractivity contribution in [2.75, 3.05) is 12.4 Å². The molecule has 0 radical (unpaired) electrons. The second-order valence-electron chi connectivity index (χ2n) is 5.32. The molecule has 2 aromatic carbocycles. The second kappa shape index (κ2) is 6.11. The van der Waals surface area contributed by atoms with Crippen molar-refractivity contribution in [2.24, 2.45) is 0 Å². The van der Waals surface area contributed by atoms with E-state index in [1.54, 1.807) is 0 Å². The number of halogens is 4. The first-order valence-corrected chi connectivity index (χ1v) is 7.81. The molecule has 3 rings (SSSR count). The number of methoxy groups -OCH3 is 1. The largest absolute Gasteiger partial charge is 0.504 e. The summed E-state index contributed by atoms with van der Waals surface area (Å²) in [5, 5.41) is 12.2. The Kier molecular flexibility index (Phi) is 4.24. The van der Waals surface area contributed by atoms with E-state index in [1.165, 1.54) is 31.4 Å². The van der Waals surface area contributed by atoms with E-state index < -0.39 is 17.6 Å². The first kappa shape index (κ1) is 17.3. The summed E-state index contributed by atoms with van der Waals surface area (Å²) in [6, 6.07) is 6.01. The summed E-state index contributed by atoms with van der Waals surface area (Å²) in [6.45, 7) is 0. The van der Waals surface area contributed by atoms with E-state index in [4.69, 9.17) is 4.74 Å². The number of phenols is 1. The lowest BCUT2D eigenvalue weighted by molar-refractivity contribution is -0.137. The number of phenolic OH excluding ortho intramolecular Hbond substituents is 1. The Morgan fingerprint density at radius 1 is 1.24 bits per heavy atom. The van der Waals surface area contributed by atoms with E-state index in [1.807, 2.05) is 0 Å². The predicted molar refractivity (Wildman–Crippen MR) is 90.3 cm³/mol. The SMILES string of the molecule is COc1cc(/C=C2\C(=O)Nc3cc(C(F)(F)F)ccc32)c(Br)cc1O. The van der Waals surface area contributed by atoms with E-state index in [9.17, 15) is 23.1 Å². The van der Waals surface area contributed by atoms with Crippen LogP contribution in [0.5, 0.6) is 11.5 Å². The number of alkyl halides is 3. The Bertz CT molecular complexity index is 907. The number of carbonyl (C=O) groups is 1. The highest BCUT2D eigenvalue weighted by Crippen LogP contribution is 2.40. The molecule has 0 atom stereocenters. The van der Waals surface area contributed by atoms with Crippen molar-refractivity contribution in [2.45, 2.75) is 6.18 Å². The summed E-state index contributed by atoms with van der Waals surface area (Å²) < 4.78 is 43.9. The van der Waals surface area contributed by atoms with Gasteiger partial charge in [-0.05, 0) is 35.9 Å². The molecule has 1 amide bonds. The third kappa shape index (κ3) is 3.21. The minimum atomic E-state index is -4.49. The summed E-state index contributed by atoms with van der Waals surface area (Å²) >= 11 is 3.27. The van der Waals surface area contributed by atoms with Crippen LogP contribution in [-0.2, 0) is 11.0 Å². The molecule has 0 spiro atoms. The molecule has 0 saturated carbocycles. The van der Waals surface area contributed by atoms with Crippen LogP contribution in [0.15, 0.2) is 34.8 Å². The normalized spacial score (nSPS) is 15.2. The number of anilines is 1. The number of rotatable bonds is 2. The van der Waals surface area contributed by atoms with E-state index >= 15 is 0 Å². The Labute approximate surface area is 149 Å². The molecule has 0 aromatic heterocycles. The molecule has 4 nitrogen and oxygen atoms in total. The number of aromatic hydroxyl groups is 1. The Balaban J connectivity index is 2.09. The second-order valence-corrected chi connectivity index (χ2v) is 6.17. The van der Waals surface area contributed by atoms with Crippen molar-refractivity contribution < 1.29 is 27.8 Å². The van der Waals surface area contributed by atoms with Crippen LogP contribution in [0.1, 0.15) is 16.7 Å². The van der Waals surface area contributed by atoms with E-state index in [0.29, 0.717) is 15.6 Å². The maximum Gasteiger partial charge on any atom is 0.416 e. The lowest BCUT2D eigenvalue weighted by Gasteiger charge is -2.08. The number of nitrogens with one attached hydrogen (secondary N) is 1. The maximum atomic E-state index is 12.8. The molecule has 0 unspecified atom stereocenters. The average molecular weight is 414 g/mol. The van der Waals surface area contributed by atoms with Crippen LogP contribution < -0.4 is 10.1 Å². The number of ether oxygens (including phenoxy) is 1. The van der Waals surface area contributed by atoms with Gasteiger partial charge in [-0.1, -0.05) is 22.0 Å². The summed E-state index contributed by atoms with van der Waals surface area (Å²) in [5.74, 6) is -0.378. The van der Waals surface area contributed by atoms with Crippen LogP contribution in [0, 0.1) is 0 Å². The van der Waals surface area contributed by atoms with Crippen LogP contribution in [0.4, 0.5) is 18.9 Å². The molecule has 8 heteroatoms. The Morgan fingerprint density at radius 2 is 1.96 bits per heavy atom. The smallest absolute Gasteiger partial charge is 0.416 e. The quantitative estimate of drug-likeness (QED) is 0.703. The number of fused-ring (bicyclic) bond motifs is 1. The molecule has 1 heterocycles. The van der Waals surface area contributed by atoms with Gasteiger partial charge in [-0.2, -0.15) is 13.2 Å². The lowest BCUT2D eigenvalue weighted by Crippen LogP contribution is -2.06. The fraction of sp³-hybridized carbons (Fsp3) is 0.118. The van der Waals surface area contributed by atoms with Crippen LogP contribution in [0.3, 0.4) is 0 Å². The molecule has 0 bridgehead atoms.